The van der Waals surface area contributed by atoms with Crippen molar-refractivity contribution < 1.29 is 19.4 Å². The van der Waals surface area contributed by atoms with Crippen LogP contribution >= 0.6 is 0 Å². The molecule has 8 heteroatoms. The van der Waals surface area contributed by atoms with Crippen LogP contribution < -0.4 is 5.56 Å². The van der Waals surface area contributed by atoms with Crippen molar-refractivity contribution in [2.75, 3.05) is 6.61 Å². The summed E-state index contributed by atoms with van der Waals surface area (Å²) < 4.78 is 6.82. The zero-order chi connectivity index (χ0) is 21.0. The number of H-pyrrole nitrogens is 1. The van der Waals surface area contributed by atoms with Crippen molar-refractivity contribution in [2.24, 2.45) is 0 Å². The van der Waals surface area contributed by atoms with Crippen LogP contribution in [-0.2, 0) is 27.2 Å². The van der Waals surface area contributed by atoms with Gasteiger partial charge in [0.25, 0.3) is 5.56 Å². The summed E-state index contributed by atoms with van der Waals surface area (Å²) in [5, 5.41) is 7.72. The van der Waals surface area contributed by atoms with E-state index < -0.39 is 5.97 Å². The smallest absolute Gasteiger partial charge is 0.306 e. The number of nitrogens with one attached hydrogen (secondary N) is 1. The number of imidazole rings is 1. The van der Waals surface area contributed by atoms with Crippen molar-refractivity contribution in [1.29, 1.82) is 0 Å². The molecule has 1 aromatic carbocycles. The third-order valence-corrected chi connectivity index (χ3v) is 4.68. The van der Waals surface area contributed by atoms with E-state index in [0.717, 1.165) is 34.5 Å². The van der Waals surface area contributed by atoms with E-state index in [1.54, 1.807) is 13.1 Å². The van der Waals surface area contributed by atoms with Gasteiger partial charge < -0.3 is 14.8 Å². The van der Waals surface area contributed by atoms with E-state index in [2.05, 4.69) is 16.0 Å². The first kappa shape index (κ1) is 20.3. The molecule has 1 aliphatic carbocycles. The maximum Gasteiger partial charge on any atom is 0.306 e. The van der Waals surface area contributed by atoms with Gasteiger partial charge in [0.2, 0.25) is 5.65 Å². The van der Waals surface area contributed by atoms with Gasteiger partial charge in [-0.1, -0.05) is 25.1 Å². The summed E-state index contributed by atoms with van der Waals surface area (Å²) in [6.45, 7) is 3.82. The molecule has 2 heterocycles. The second-order valence-corrected chi connectivity index (χ2v) is 6.62. The molecule has 4 rings (SSSR count). The molecule has 0 amide bonds. The summed E-state index contributed by atoms with van der Waals surface area (Å²) in [6.07, 6.45) is 5.44. The normalized spacial score (nSPS) is 11.4. The lowest BCUT2D eigenvalue weighted by Gasteiger charge is -2.05. The van der Waals surface area contributed by atoms with Crippen LogP contribution in [0.25, 0.3) is 16.9 Å². The predicted molar refractivity (Wildman–Crippen MR) is 107 cm³/mol. The molecule has 0 saturated carbocycles. The van der Waals surface area contributed by atoms with Gasteiger partial charge in [-0.15, -0.1) is 0 Å². The second-order valence-electron chi connectivity index (χ2n) is 6.62. The number of fused-ring (bicyclic) bond motifs is 5. The van der Waals surface area contributed by atoms with Crippen LogP contribution in [0.4, 0.5) is 0 Å². The number of hydrogen-bond acceptors (Lipinski definition) is 5. The van der Waals surface area contributed by atoms with E-state index in [4.69, 9.17) is 9.84 Å². The van der Waals surface area contributed by atoms with E-state index in [1.807, 2.05) is 29.7 Å². The van der Waals surface area contributed by atoms with E-state index in [0.29, 0.717) is 25.1 Å². The van der Waals surface area contributed by atoms with Gasteiger partial charge in [0.1, 0.15) is 0 Å². The largest absolute Gasteiger partial charge is 0.481 e. The molecule has 152 valence electrons. The summed E-state index contributed by atoms with van der Waals surface area (Å²) >= 11 is 0. The maximum absolute atomic E-state index is 12.1. The van der Waals surface area contributed by atoms with Crippen LogP contribution in [0.2, 0.25) is 0 Å². The first-order chi connectivity index (χ1) is 13.9. The summed E-state index contributed by atoms with van der Waals surface area (Å²) in [4.78, 5) is 40.1. The number of carboxylic acids is 1. The number of benzene rings is 1. The molecular weight excluding hydrogens is 374 g/mol. The Balaban J connectivity index is 0.000000431. The lowest BCUT2D eigenvalue weighted by atomic mass is 10.0. The lowest BCUT2D eigenvalue weighted by Crippen LogP contribution is -2.13. The van der Waals surface area contributed by atoms with Crippen molar-refractivity contribution in [3.63, 3.8) is 0 Å². The molecule has 0 atom stereocenters. The van der Waals surface area contributed by atoms with Gasteiger partial charge in [-0.2, -0.15) is 0 Å². The van der Waals surface area contributed by atoms with Crippen molar-refractivity contribution >= 4 is 17.6 Å². The molecule has 1 aliphatic rings. The third kappa shape index (κ3) is 4.37. The second kappa shape index (κ2) is 8.72. The summed E-state index contributed by atoms with van der Waals surface area (Å²) in [7, 11) is 0. The van der Waals surface area contributed by atoms with Crippen LogP contribution in [-0.4, -0.2) is 38.0 Å². The third-order valence-electron chi connectivity index (χ3n) is 4.68. The first-order valence-corrected chi connectivity index (χ1v) is 9.52. The van der Waals surface area contributed by atoms with Gasteiger partial charge in [-0.25, -0.2) is 4.98 Å². The monoisotopic (exact) mass is 397 g/mol. The average Bonchev–Trinajstić information content (AvgIpc) is 3.32. The predicted octanol–water partition coefficient (Wildman–Crippen LogP) is 2.57. The molecule has 0 aliphatic heterocycles. The van der Waals surface area contributed by atoms with Crippen molar-refractivity contribution in [3.05, 3.63) is 57.8 Å². The molecule has 0 radical (unpaired) electrons. The summed E-state index contributed by atoms with van der Waals surface area (Å²) in [5.74, 6) is -0.921. The number of aliphatic carboxylic acids is 1. The molecule has 0 unspecified atom stereocenters. The lowest BCUT2D eigenvalue weighted by molar-refractivity contribution is -0.143. The molecule has 0 spiro atoms. The van der Waals surface area contributed by atoms with Gasteiger partial charge >= 0.3 is 11.9 Å². The van der Waals surface area contributed by atoms with E-state index in [-0.39, 0.29) is 17.9 Å². The number of carbonyl (C=O) groups is 2. The van der Waals surface area contributed by atoms with Crippen LogP contribution in [0.15, 0.2) is 35.4 Å². The Morgan fingerprint density at radius 3 is 2.76 bits per heavy atom. The zero-order valence-electron chi connectivity index (χ0n) is 16.4. The molecule has 2 aromatic heterocycles. The van der Waals surface area contributed by atoms with Gasteiger partial charge in [0, 0.05) is 37.2 Å². The highest BCUT2D eigenvalue weighted by atomic mass is 16.5. The number of aryl methyl sites for hydroxylation is 1. The number of aromatic amines is 1. The standard InChI is InChI=1S/C18H17N3O3.C3H6O2/c1-2-24-15(22)6-4-11-3-5-13-12(9-11)10-14-16(13)20-18(23)17-19-7-8-21(14)17;1-2-3(4)5/h3,5,7-9H,2,4,6,10H2,1H3,(H,20,23);2H2,1H3,(H,4,5). The topological polar surface area (TPSA) is 114 Å². The molecule has 8 nitrogen and oxygen atoms in total. The minimum Gasteiger partial charge on any atom is -0.481 e. The fourth-order valence-electron chi connectivity index (χ4n) is 3.30. The Morgan fingerprint density at radius 1 is 1.31 bits per heavy atom. The van der Waals surface area contributed by atoms with Gasteiger partial charge in [0.15, 0.2) is 0 Å². The Hall–Kier alpha value is -3.42. The van der Waals surface area contributed by atoms with Gasteiger partial charge in [-0.3, -0.25) is 18.8 Å². The van der Waals surface area contributed by atoms with Crippen molar-refractivity contribution in [2.45, 2.75) is 39.5 Å². The highest BCUT2D eigenvalue weighted by Crippen LogP contribution is 2.35. The van der Waals surface area contributed by atoms with Gasteiger partial charge in [-0.05, 0) is 24.5 Å². The van der Waals surface area contributed by atoms with Gasteiger partial charge in [0.05, 0.1) is 18.0 Å². The number of nitrogens with zero attached hydrogens (tertiary/aromatic N) is 2. The van der Waals surface area contributed by atoms with Crippen molar-refractivity contribution in [1.82, 2.24) is 14.4 Å². The fourth-order valence-corrected chi connectivity index (χ4v) is 3.30. The highest BCUT2D eigenvalue weighted by Gasteiger charge is 2.23. The number of ether oxygens (including phenoxy) is 1. The summed E-state index contributed by atoms with van der Waals surface area (Å²) in [6, 6.07) is 6.12. The average molecular weight is 397 g/mol. The Morgan fingerprint density at radius 2 is 2.07 bits per heavy atom. The summed E-state index contributed by atoms with van der Waals surface area (Å²) in [5.41, 5.74) is 5.43. The number of aromatic nitrogens is 3. The number of rotatable bonds is 5. The quantitative estimate of drug-likeness (QED) is 0.500. The maximum atomic E-state index is 12.1. The van der Waals surface area contributed by atoms with Crippen LogP contribution in [0.5, 0.6) is 0 Å². The fraction of sp³-hybridized carbons (Fsp3) is 0.333. The van der Waals surface area contributed by atoms with E-state index >= 15 is 0 Å². The first-order valence-electron chi connectivity index (χ1n) is 9.52. The Bertz CT molecular complexity index is 1110. The molecule has 0 fully saturated rings. The number of esters is 1. The van der Waals surface area contributed by atoms with Crippen molar-refractivity contribution in [3.8, 4) is 11.3 Å². The molecule has 29 heavy (non-hydrogen) atoms. The zero-order valence-corrected chi connectivity index (χ0v) is 16.4. The Labute approximate surface area is 167 Å². The SMILES string of the molecule is CCC(=O)O.CCOC(=O)CCc1ccc2c(c1)Cc1c-2[nH]c(=O)c2nccn12. The van der Waals surface area contributed by atoms with E-state index in [9.17, 15) is 14.4 Å². The minimum absolute atomic E-state index is 0.175. The molecule has 3 aromatic rings. The molecule has 2 N–H and O–H groups in total. The highest BCUT2D eigenvalue weighted by molar-refractivity contribution is 5.74. The van der Waals surface area contributed by atoms with Crippen LogP contribution in [0.1, 0.15) is 43.5 Å². The molecular formula is C21H23N3O5. The number of hydrogen-bond donors (Lipinski definition) is 2. The van der Waals surface area contributed by atoms with Crippen LogP contribution in [0, 0.1) is 0 Å². The number of carboxylic acid groups (broad SMARTS) is 1. The number of carbonyl (C=O) groups excluding carboxylic acids is 1. The van der Waals surface area contributed by atoms with Crippen LogP contribution in [0.3, 0.4) is 0 Å². The molecule has 0 saturated heterocycles. The molecule has 0 bridgehead atoms. The minimum atomic E-state index is -0.745. The van der Waals surface area contributed by atoms with E-state index in [1.165, 1.54) is 0 Å². The Kier molecular flexibility index (Phi) is 6.11.